The highest BCUT2D eigenvalue weighted by atomic mass is 19.3. The summed E-state index contributed by atoms with van der Waals surface area (Å²) in [6.07, 6.45) is -2.53. The largest absolute Gasteiger partial charge is 0.481 e. The van der Waals surface area contributed by atoms with Gasteiger partial charge < -0.3 is 15.4 Å². The summed E-state index contributed by atoms with van der Waals surface area (Å²) in [6, 6.07) is 11.1. The highest BCUT2D eigenvalue weighted by Gasteiger charge is 2.25. The third-order valence-electron chi connectivity index (χ3n) is 3.47. The Morgan fingerprint density at radius 2 is 2.05 bits per heavy atom. The van der Waals surface area contributed by atoms with Crippen LogP contribution in [0, 0.1) is 0 Å². The van der Waals surface area contributed by atoms with Crippen molar-refractivity contribution in [2.24, 2.45) is 0 Å². The van der Waals surface area contributed by atoms with E-state index in [4.69, 9.17) is 10.5 Å². The van der Waals surface area contributed by atoms with Crippen LogP contribution >= 0.6 is 0 Å². The summed E-state index contributed by atoms with van der Waals surface area (Å²) >= 11 is 0. The van der Waals surface area contributed by atoms with Crippen LogP contribution in [0.15, 0.2) is 42.5 Å². The van der Waals surface area contributed by atoms with E-state index in [9.17, 15) is 13.6 Å². The van der Waals surface area contributed by atoms with Crippen LogP contribution in [-0.2, 0) is 11.3 Å². The zero-order valence-electron chi connectivity index (χ0n) is 11.6. The van der Waals surface area contributed by atoms with Gasteiger partial charge in [0, 0.05) is 17.3 Å². The number of hydrogen-bond acceptors (Lipinski definition) is 3. The van der Waals surface area contributed by atoms with Gasteiger partial charge >= 0.3 is 0 Å². The summed E-state index contributed by atoms with van der Waals surface area (Å²) in [5, 5.41) is 0. The number of ether oxygens (including phenoxy) is 1. The lowest BCUT2D eigenvalue weighted by atomic mass is 10.1. The Morgan fingerprint density at radius 1 is 1.23 bits per heavy atom. The third-order valence-corrected chi connectivity index (χ3v) is 3.47. The van der Waals surface area contributed by atoms with Crippen LogP contribution in [0.25, 0.3) is 0 Å². The van der Waals surface area contributed by atoms with Gasteiger partial charge in [-0.25, -0.2) is 8.78 Å². The number of amides is 1. The summed E-state index contributed by atoms with van der Waals surface area (Å²) in [6.45, 7) is 0.116. The predicted octanol–water partition coefficient (Wildman–Crippen LogP) is 3.13. The number of halogens is 2. The van der Waals surface area contributed by atoms with Gasteiger partial charge in [0.1, 0.15) is 5.75 Å². The summed E-state index contributed by atoms with van der Waals surface area (Å²) < 4.78 is 30.9. The average molecular weight is 304 g/mol. The van der Waals surface area contributed by atoms with Crippen LogP contribution in [-0.4, -0.2) is 12.5 Å². The molecule has 1 heterocycles. The molecule has 2 aromatic carbocycles. The van der Waals surface area contributed by atoms with Crippen molar-refractivity contribution in [3.05, 3.63) is 53.6 Å². The quantitative estimate of drug-likeness (QED) is 0.886. The summed E-state index contributed by atoms with van der Waals surface area (Å²) in [5.74, 6) is 0.296. The van der Waals surface area contributed by atoms with Crippen LogP contribution < -0.4 is 15.4 Å². The highest BCUT2D eigenvalue weighted by molar-refractivity contribution is 5.98. The number of nitrogens with zero attached hydrogens (tertiary/aromatic N) is 1. The minimum absolute atomic E-state index is 0.0595. The average Bonchev–Trinajstić information content (AvgIpc) is 2.50. The number of anilines is 2. The maximum atomic E-state index is 12.8. The van der Waals surface area contributed by atoms with Gasteiger partial charge in [-0.2, -0.15) is 0 Å². The monoisotopic (exact) mass is 304 g/mol. The highest BCUT2D eigenvalue weighted by Crippen LogP contribution is 2.34. The number of fused-ring (bicyclic) bond motifs is 1. The van der Waals surface area contributed by atoms with Crippen LogP contribution in [0.3, 0.4) is 0 Å². The molecule has 0 saturated carbocycles. The fourth-order valence-corrected chi connectivity index (χ4v) is 2.40. The van der Waals surface area contributed by atoms with Gasteiger partial charge in [-0.3, -0.25) is 4.79 Å². The van der Waals surface area contributed by atoms with Gasteiger partial charge in [0.25, 0.3) is 12.3 Å². The maximum absolute atomic E-state index is 12.8. The number of nitrogens with two attached hydrogens (primary N) is 1. The molecular formula is C16H14F2N2O2. The van der Waals surface area contributed by atoms with Crippen LogP contribution in [0.1, 0.15) is 17.6 Å². The van der Waals surface area contributed by atoms with Crippen molar-refractivity contribution < 1.29 is 18.3 Å². The van der Waals surface area contributed by atoms with Crippen molar-refractivity contribution in [3.63, 3.8) is 0 Å². The number of carbonyl (C=O) groups is 1. The minimum Gasteiger partial charge on any atom is -0.481 e. The van der Waals surface area contributed by atoms with E-state index in [0.717, 1.165) is 0 Å². The molecule has 0 aliphatic carbocycles. The Labute approximate surface area is 126 Å². The van der Waals surface area contributed by atoms with Crippen LogP contribution in [0.4, 0.5) is 20.2 Å². The second kappa shape index (κ2) is 5.63. The molecule has 0 radical (unpaired) electrons. The summed E-state index contributed by atoms with van der Waals surface area (Å²) in [7, 11) is 0. The molecule has 2 N–H and O–H groups in total. The second-order valence-corrected chi connectivity index (χ2v) is 5.04. The lowest BCUT2D eigenvalue weighted by Crippen LogP contribution is -2.38. The molecule has 1 aliphatic heterocycles. The van der Waals surface area contributed by atoms with E-state index in [0.29, 0.717) is 22.7 Å². The summed E-state index contributed by atoms with van der Waals surface area (Å²) in [5.41, 5.74) is 7.40. The zero-order chi connectivity index (χ0) is 15.7. The molecule has 4 nitrogen and oxygen atoms in total. The van der Waals surface area contributed by atoms with Gasteiger partial charge in [-0.15, -0.1) is 0 Å². The fourth-order valence-electron chi connectivity index (χ4n) is 2.40. The van der Waals surface area contributed by atoms with E-state index in [1.54, 1.807) is 30.3 Å². The topological polar surface area (TPSA) is 55.6 Å². The van der Waals surface area contributed by atoms with E-state index in [1.165, 1.54) is 17.0 Å². The molecule has 0 bridgehead atoms. The molecule has 0 unspecified atom stereocenters. The number of nitrogen functional groups attached to an aromatic ring is 1. The van der Waals surface area contributed by atoms with E-state index < -0.39 is 6.43 Å². The first-order chi connectivity index (χ1) is 10.5. The second-order valence-electron chi connectivity index (χ2n) is 5.04. The number of carbonyl (C=O) groups excluding carboxylic acids is 1. The Hall–Kier alpha value is -2.63. The molecule has 6 heteroatoms. The smallest absolute Gasteiger partial charge is 0.265 e. The number of benzene rings is 2. The SMILES string of the molecule is Nc1ccc2c(c1)OCC(=O)N2Cc1cccc(C(F)F)c1. The van der Waals surface area contributed by atoms with Gasteiger partial charge in [0.2, 0.25) is 0 Å². The predicted molar refractivity (Wildman–Crippen MR) is 78.9 cm³/mol. The molecule has 0 aromatic heterocycles. The lowest BCUT2D eigenvalue weighted by Gasteiger charge is -2.29. The Balaban J connectivity index is 1.92. The standard InChI is InChI=1S/C16H14F2N2O2/c17-16(18)11-3-1-2-10(6-11)8-20-13-5-4-12(19)7-14(13)22-9-15(20)21/h1-7,16H,8-9,19H2. The fraction of sp³-hybridized carbons (Fsp3) is 0.188. The lowest BCUT2D eigenvalue weighted by molar-refractivity contribution is -0.121. The molecule has 1 amide bonds. The van der Waals surface area contributed by atoms with Crippen molar-refractivity contribution in [1.29, 1.82) is 0 Å². The first kappa shape index (κ1) is 14.3. The molecule has 114 valence electrons. The van der Waals surface area contributed by atoms with E-state index in [-0.39, 0.29) is 24.6 Å². The van der Waals surface area contributed by atoms with Crippen LogP contribution in [0.5, 0.6) is 5.75 Å². The Kier molecular flexibility index (Phi) is 3.66. The van der Waals surface area contributed by atoms with E-state index in [2.05, 4.69) is 0 Å². The number of alkyl halides is 2. The molecule has 0 fully saturated rings. The van der Waals surface area contributed by atoms with Gasteiger partial charge in [-0.1, -0.05) is 18.2 Å². The van der Waals surface area contributed by atoms with Gasteiger partial charge in [0.05, 0.1) is 12.2 Å². The normalized spacial score (nSPS) is 14.0. The van der Waals surface area contributed by atoms with Crippen LogP contribution in [0.2, 0.25) is 0 Å². The Morgan fingerprint density at radius 3 is 2.82 bits per heavy atom. The third kappa shape index (κ3) is 2.72. The number of hydrogen-bond donors (Lipinski definition) is 1. The Bertz CT molecular complexity index is 719. The van der Waals surface area contributed by atoms with E-state index >= 15 is 0 Å². The summed E-state index contributed by atoms with van der Waals surface area (Å²) in [4.78, 5) is 13.6. The molecule has 0 spiro atoms. The molecule has 1 aliphatic rings. The molecule has 2 aromatic rings. The zero-order valence-corrected chi connectivity index (χ0v) is 11.6. The first-order valence-corrected chi connectivity index (χ1v) is 6.74. The first-order valence-electron chi connectivity index (χ1n) is 6.74. The van der Waals surface area contributed by atoms with Crippen molar-refractivity contribution in [1.82, 2.24) is 0 Å². The molecule has 22 heavy (non-hydrogen) atoms. The van der Waals surface area contributed by atoms with Crippen molar-refractivity contribution in [3.8, 4) is 5.75 Å². The van der Waals surface area contributed by atoms with Crippen molar-refractivity contribution in [2.75, 3.05) is 17.2 Å². The molecule has 0 atom stereocenters. The molecule has 0 saturated heterocycles. The molecular weight excluding hydrogens is 290 g/mol. The minimum atomic E-state index is -2.53. The number of rotatable bonds is 3. The van der Waals surface area contributed by atoms with Crippen molar-refractivity contribution >= 4 is 17.3 Å². The maximum Gasteiger partial charge on any atom is 0.265 e. The van der Waals surface area contributed by atoms with Gasteiger partial charge in [-0.05, 0) is 23.8 Å². The van der Waals surface area contributed by atoms with Crippen molar-refractivity contribution in [2.45, 2.75) is 13.0 Å². The van der Waals surface area contributed by atoms with E-state index in [1.807, 2.05) is 0 Å². The van der Waals surface area contributed by atoms with Gasteiger partial charge in [0.15, 0.2) is 6.61 Å². The molecule has 3 rings (SSSR count).